The number of anilines is 1. The van der Waals surface area contributed by atoms with Gasteiger partial charge in [0, 0.05) is 44.5 Å². The van der Waals surface area contributed by atoms with Gasteiger partial charge >= 0.3 is 0 Å². The van der Waals surface area contributed by atoms with E-state index < -0.39 is 0 Å². The molecule has 1 saturated heterocycles. The van der Waals surface area contributed by atoms with Gasteiger partial charge < -0.3 is 9.47 Å². The molecule has 0 bridgehead atoms. The van der Waals surface area contributed by atoms with Crippen molar-refractivity contribution in [3.63, 3.8) is 0 Å². The fourth-order valence-electron chi connectivity index (χ4n) is 5.05. The quantitative estimate of drug-likeness (QED) is 0.457. The van der Waals surface area contributed by atoms with Crippen LogP contribution in [-0.4, -0.2) is 52.2 Å². The number of piperidine rings is 1. The summed E-state index contributed by atoms with van der Waals surface area (Å²) in [5, 5.41) is 0. The van der Waals surface area contributed by atoms with Crippen LogP contribution in [-0.2, 0) is 6.54 Å². The number of para-hydroxylation sites is 2. The number of hydrogen-bond acceptors (Lipinski definition) is 5. The maximum Gasteiger partial charge on any atom is 0.277 e. The summed E-state index contributed by atoms with van der Waals surface area (Å²) in [5.41, 5.74) is 2.95. The van der Waals surface area contributed by atoms with Gasteiger partial charge in [0.15, 0.2) is 0 Å². The Labute approximate surface area is 197 Å². The molecule has 1 aliphatic rings. The molecule has 176 valence electrons. The second-order valence-electron chi connectivity index (χ2n) is 9.63. The number of fused-ring (bicyclic) bond motifs is 1. The molecule has 6 nitrogen and oxygen atoms in total. The maximum absolute atomic E-state index is 13.5. The van der Waals surface area contributed by atoms with Crippen molar-refractivity contribution in [3.05, 3.63) is 52.9 Å². The van der Waals surface area contributed by atoms with Crippen LogP contribution in [0.2, 0.25) is 0 Å². The Hall–Kier alpha value is -2.73. The highest BCUT2D eigenvalue weighted by atomic mass is 16.1. The minimum absolute atomic E-state index is 0.0358. The van der Waals surface area contributed by atoms with E-state index in [2.05, 4.69) is 23.7 Å². The number of nitrogens with zero attached hydrogens (tertiary/aromatic N) is 5. The van der Waals surface area contributed by atoms with E-state index in [1.807, 2.05) is 60.0 Å². The highest BCUT2D eigenvalue weighted by Gasteiger charge is 2.23. The molecule has 1 fully saturated rings. The van der Waals surface area contributed by atoms with E-state index in [1.165, 1.54) is 25.7 Å². The third-order valence-corrected chi connectivity index (χ3v) is 7.01. The predicted molar refractivity (Wildman–Crippen MR) is 137 cm³/mol. The lowest BCUT2D eigenvalue weighted by Gasteiger charge is -2.39. The third kappa shape index (κ3) is 5.27. The number of likely N-dealkylation sites (tertiary alicyclic amines) is 1. The number of aromatic nitrogens is 3. The number of hydrogen-bond donors (Lipinski definition) is 0. The van der Waals surface area contributed by atoms with Gasteiger partial charge in [0.1, 0.15) is 11.5 Å². The Bertz CT molecular complexity index is 1110. The summed E-state index contributed by atoms with van der Waals surface area (Å²) in [6.45, 7) is 6.59. The number of unbranched alkanes of at least 4 members (excludes halogenated alkanes) is 2. The Morgan fingerprint density at radius 1 is 0.970 bits per heavy atom. The van der Waals surface area contributed by atoms with E-state index in [-0.39, 0.29) is 5.56 Å². The van der Waals surface area contributed by atoms with Crippen LogP contribution < -0.4 is 10.5 Å². The molecular formula is C27H37N5O. The van der Waals surface area contributed by atoms with E-state index in [0.717, 1.165) is 41.8 Å². The molecule has 0 aliphatic carbocycles. The SMILES string of the molecule is C[C@@H]1CCC[C@H](C)N1CCCCCn1c(=O)c(-c2ccc(N(C)C)nc2)nc2ccccc21. The van der Waals surface area contributed by atoms with Gasteiger partial charge in [-0.05, 0) is 70.3 Å². The number of benzene rings is 1. The number of aryl methyl sites for hydroxylation is 1. The minimum atomic E-state index is -0.0358. The Morgan fingerprint density at radius 2 is 1.70 bits per heavy atom. The summed E-state index contributed by atoms with van der Waals surface area (Å²) in [7, 11) is 3.91. The molecule has 4 rings (SSSR count). The monoisotopic (exact) mass is 447 g/mol. The van der Waals surface area contributed by atoms with Crippen LogP contribution in [0.3, 0.4) is 0 Å². The topological polar surface area (TPSA) is 54.3 Å². The van der Waals surface area contributed by atoms with E-state index in [9.17, 15) is 4.79 Å². The van der Waals surface area contributed by atoms with Gasteiger partial charge in [-0.3, -0.25) is 9.69 Å². The van der Waals surface area contributed by atoms with Crippen molar-refractivity contribution in [2.75, 3.05) is 25.5 Å². The van der Waals surface area contributed by atoms with Crippen molar-refractivity contribution in [2.24, 2.45) is 0 Å². The average Bonchev–Trinajstić information content (AvgIpc) is 2.81. The summed E-state index contributed by atoms with van der Waals surface area (Å²) in [5.74, 6) is 0.859. The van der Waals surface area contributed by atoms with Crippen LogP contribution in [0.5, 0.6) is 0 Å². The molecule has 6 heteroatoms. The van der Waals surface area contributed by atoms with Crippen LogP contribution in [0, 0.1) is 0 Å². The standard InChI is InChI=1S/C27H37N5O/c1-20-11-10-12-21(2)31(20)17-8-5-9-18-32-24-14-7-6-13-23(24)29-26(27(32)33)22-15-16-25(28-19-22)30(3)4/h6-7,13-16,19-21H,5,8-12,17-18H2,1-4H3/t20-,21+. The molecule has 0 saturated carbocycles. The van der Waals surface area contributed by atoms with E-state index in [4.69, 9.17) is 4.98 Å². The molecule has 3 heterocycles. The number of pyridine rings is 1. The van der Waals surface area contributed by atoms with Gasteiger partial charge in [-0.2, -0.15) is 0 Å². The van der Waals surface area contributed by atoms with Crippen molar-refractivity contribution in [1.82, 2.24) is 19.4 Å². The first-order chi connectivity index (χ1) is 16.0. The molecule has 0 N–H and O–H groups in total. The van der Waals surface area contributed by atoms with E-state index in [1.54, 1.807) is 6.20 Å². The van der Waals surface area contributed by atoms with Gasteiger partial charge in [0.05, 0.1) is 11.0 Å². The van der Waals surface area contributed by atoms with Crippen LogP contribution in [0.1, 0.15) is 52.4 Å². The largest absolute Gasteiger partial charge is 0.363 e. The molecule has 0 unspecified atom stereocenters. The van der Waals surface area contributed by atoms with E-state index >= 15 is 0 Å². The van der Waals surface area contributed by atoms with Crippen molar-refractivity contribution in [3.8, 4) is 11.3 Å². The van der Waals surface area contributed by atoms with Gasteiger partial charge in [0.2, 0.25) is 0 Å². The average molecular weight is 448 g/mol. The predicted octanol–water partition coefficient (Wildman–Crippen LogP) is 4.96. The highest BCUT2D eigenvalue weighted by molar-refractivity contribution is 5.77. The molecular weight excluding hydrogens is 410 g/mol. The second-order valence-corrected chi connectivity index (χ2v) is 9.63. The first-order valence-electron chi connectivity index (χ1n) is 12.3. The van der Waals surface area contributed by atoms with E-state index in [0.29, 0.717) is 24.3 Å². The molecule has 0 radical (unpaired) electrons. The van der Waals surface area contributed by atoms with Crippen molar-refractivity contribution in [1.29, 1.82) is 0 Å². The molecule has 33 heavy (non-hydrogen) atoms. The second kappa shape index (κ2) is 10.5. The molecule has 3 aromatic rings. The van der Waals surface area contributed by atoms with Gasteiger partial charge in [-0.15, -0.1) is 0 Å². The Balaban J connectivity index is 1.49. The molecule has 0 spiro atoms. The first-order valence-corrected chi connectivity index (χ1v) is 12.3. The van der Waals surface area contributed by atoms with Crippen molar-refractivity contribution < 1.29 is 0 Å². The van der Waals surface area contributed by atoms with Crippen molar-refractivity contribution in [2.45, 2.75) is 71.0 Å². The molecule has 1 aromatic carbocycles. The Kier molecular flexibility index (Phi) is 7.43. The maximum atomic E-state index is 13.5. The first kappa shape index (κ1) is 23.4. The fourth-order valence-corrected chi connectivity index (χ4v) is 5.05. The lowest BCUT2D eigenvalue weighted by Crippen LogP contribution is -2.44. The third-order valence-electron chi connectivity index (χ3n) is 7.01. The zero-order valence-corrected chi connectivity index (χ0v) is 20.5. The van der Waals surface area contributed by atoms with Crippen LogP contribution in [0.25, 0.3) is 22.3 Å². The summed E-state index contributed by atoms with van der Waals surface area (Å²) in [4.78, 5) is 27.3. The minimum Gasteiger partial charge on any atom is -0.363 e. The summed E-state index contributed by atoms with van der Waals surface area (Å²) >= 11 is 0. The Morgan fingerprint density at radius 3 is 2.39 bits per heavy atom. The summed E-state index contributed by atoms with van der Waals surface area (Å²) in [6.07, 6.45) is 9.02. The fraction of sp³-hybridized carbons (Fsp3) is 0.519. The van der Waals surface area contributed by atoms with Crippen molar-refractivity contribution >= 4 is 16.9 Å². The highest BCUT2D eigenvalue weighted by Crippen LogP contribution is 2.23. The van der Waals surface area contributed by atoms with Crippen LogP contribution in [0.15, 0.2) is 47.4 Å². The van der Waals surface area contributed by atoms with Gasteiger partial charge in [-0.1, -0.05) is 25.0 Å². The molecule has 2 atom stereocenters. The lowest BCUT2D eigenvalue weighted by molar-refractivity contribution is 0.101. The molecule has 0 amide bonds. The molecule has 2 aromatic heterocycles. The van der Waals surface area contributed by atoms with Gasteiger partial charge in [0.25, 0.3) is 5.56 Å². The summed E-state index contributed by atoms with van der Waals surface area (Å²) in [6, 6.07) is 13.2. The van der Waals surface area contributed by atoms with Gasteiger partial charge in [-0.25, -0.2) is 9.97 Å². The zero-order valence-electron chi connectivity index (χ0n) is 20.5. The number of rotatable bonds is 8. The smallest absolute Gasteiger partial charge is 0.277 e. The summed E-state index contributed by atoms with van der Waals surface area (Å²) < 4.78 is 1.91. The lowest BCUT2D eigenvalue weighted by atomic mass is 9.97. The molecule has 1 aliphatic heterocycles. The van der Waals surface area contributed by atoms with Crippen LogP contribution >= 0.6 is 0 Å². The normalized spacial score (nSPS) is 19.2. The zero-order chi connectivity index (χ0) is 23.4. The van der Waals surface area contributed by atoms with Crippen LogP contribution in [0.4, 0.5) is 5.82 Å².